The van der Waals surface area contributed by atoms with Crippen LogP contribution in [-0.4, -0.2) is 82.6 Å². The van der Waals surface area contributed by atoms with Crippen molar-refractivity contribution in [2.24, 2.45) is 5.73 Å². The van der Waals surface area contributed by atoms with Crippen molar-refractivity contribution in [2.45, 2.75) is 44.4 Å². The Bertz CT molecular complexity index is 597. The molecule has 0 spiro atoms. The van der Waals surface area contributed by atoms with Gasteiger partial charge in [-0.1, -0.05) is 0 Å². The molecule has 1 aliphatic rings. The quantitative estimate of drug-likeness (QED) is 0.123. The third kappa shape index (κ3) is 7.48. The summed E-state index contributed by atoms with van der Waals surface area (Å²) in [6.07, 6.45) is -0.494. The molecule has 0 saturated carbocycles. The number of β-amino-alcohol motifs (C(OH)–C–C–N with tert-alkyl or cyclic N) is 1. The summed E-state index contributed by atoms with van der Waals surface area (Å²) in [4.78, 5) is 48.0. The molecule has 0 aromatic heterocycles. The van der Waals surface area contributed by atoms with Crippen LogP contribution in [0.25, 0.3) is 0 Å². The molecule has 27 heavy (non-hydrogen) atoms. The number of carbonyl (C=O) groups excluding carboxylic acids is 3. The number of nitrogens with two attached hydrogens (primary N) is 1. The van der Waals surface area contributed by atoms with Crippen LogP contribution in [0.15, 0.2) is 0 Å². The molecule has 1 aliphatic heterocycles. The monoisotopic (exact) mass is 386 g/mol. The highest BCUT2D eigenvalue weighted by molar-refractivity contribution is 5.92. The first-order valence-corrected chi connectivity index (χ1v) is 8.44. The van der Waals surface area contributed by atoms with Crippen molar-refractivity contribution in [2.75, 3.05) is 19.6 Å². The number of aliphatic carboxylic acids is 1. The van der Waals surface area contributed by atoms with E-state index in [9.17, 15) is 29.4 Å². The molecule has 152 valence electrons. The predicted octanol–water partition coefficient (Wildman–Crippen LogP) is -3.08. The van der Waals surface area contributed by atoms with Gasteiger partial charge in [0.25, 0.3) is 0 Å². The van der Waals surface area contributed by atoms with Gasteiger partial charge in [0.1, 0.15) is 12.1 Å². The molecule has 12 nitrogen and oxygen atoms in total. The Morgan fingerprint density at radius 2 is 1.96 bits per heavy atom. The fourth-order valence-corrected chi connectivity index (χ4v) is 2.69. The lowest BCUT2D eigenvalue weighted by Crippen LogP contribution is -2.52. The lowest BCUT2D eigenvalue weighted by atomic mass is 10.1. The number of guanidine groups is 1. The molecule has 0 aliphatic carbocycles. The van der Waals surface area contributed by atoms with Crippen LogP contribution in [0, 0.1) is 5.41 Å². The first kappa shape index (κ1) is 22.2. The first-order valence-electron chi connectivity index (χ1n) is 8.44. The van der Waals surface area contributed by atoms with Crippen molar-refractivity contribution in [3.8, 4) is 0 Å². The number of rotatable bonds is 9. The van der Waals surface area contributed by atoms with E-state index < -0.39 is 41.9 Å². The van der Waals surface area contributed by atoms with Crippen molar-refractivity contribution < 1.29 is 29.4 Å². The molecule has 0 aromatic rings. The molecule has 0 radical (unpaired) electrons. The zero-order valence-corrected chi connectivity index (χ0v) is 15.0. The molecule has 0 bridgehead atoms. The SMILES string of the molecule is CC(=O)NCC(=O)N1C[C@H](O)C[C@H]1C(=O)N[C@@H](CCCNC(=N)N)C(=O)O. The molecule has 0 unspecified atom stereocenters. The number of likely N-dealkylation sites (tertiary alicyclic amines) is 1. The van der Waals surface area contributed by atoms with Gasteiger partial charge in [-0.25, -0.2) is 4.79 Å². The summed E-state index contributed by atoms with van der Waals surface area (Å²) >= 11 is 0. The molecule has 3 atom stereocenters. The van der Waals surface area contributed by atoms with Crippen LogP contribution < -0.4 is 21.7 Å². The number of carbonyl (C=O) groups is 4. The summed E-state index contributed by atoms with van der Waals surface area (Å²) in [6, 6.07) is -2.20. The van der Waals surface area contributed by atoms with E-state index in [1.165, 1.54) is 6.92 Å². The second kappa shape index (κ2) is 10.3. The molecular formula is C15H26N6O6. The molecule has 12 heteroatoms. The minimum absolute atomic E-state index is 0.0180. The highest BCUT2D eigenvalue weighted by Crippen LogP contribution is 2.18. The molecule has 3 amide bonds. The summed E-state index contributed by atoms with van der Waals surface area (Å²) < 4.78 is 0. The Labute approximate surface area is 156 Å². The highest BCUT2D eigenvalue weighted by atomic mass is 16.4. The molecule has 8 N–H and O–H groups in total. The Morgan fingerprint density at radius 3 is 2.52 bits per heavy atom. The van der Waals surface area contributed by atoms with Crippen LogP contribution in [0.2, 0.25) is 0 Å². The number of aliphatic hydroxyl groups is 1. The fraction of sp³-hybridized carbons (Fsp3) is 0.667. The van der Waals surface area contributed by atoms with Crippen LogP contribution in [0.1, 0.15) is 26.2 Å². The van der Waals surface area contributed by atoms with E-state index in [2.05, 4.69) is 16.0 Å². The van der Waals surface area contributed by atoms with E-state index in [0.717, 1.165) is 4.90 Å². The van der Waals surface area contributed by atoms with Crippen LogP contribution in [-0.2, 0) is 19.2 Å². The highest BCUT2D eigenvalue weighted by Gasteiger charge is 2.39. The molecule has 1 heterocycles. The smallest absolute Gasteiger partial charge is 0.326 e. The van der Waals surface area contributed by atoms with Gasteiger partial charge in [-0.3, -0.25) is 19.8 Å². The van der Waals surface area contributed by atoms with Gasteiger partial charge in [0.05, 0.1) is 12.6 Å². The lowest BCUT2D eigenvalue weighted by Gasteiger charge is -2.25. The van der Waals surface area contributed by atoms with E-state index in [4.69, 9.17) is 11.1 Å². The minimum Gasteiger partial charge on any atom is -0.480 e. The summed E-state index contributed by atoms with van der Waals surface area (Å²) in [5.41, 5.74) is 5.13. The van der Waals surface area contributed by atoms with Crippen LogP contribution in [0.4, 0.5) is 0 Å². The van der Waals surface area contributed by atoms with Gasteiger partial charge >= 0.3 is 5.97 Å². The van der Waals surface area contributed by atoms with Gasteiger partial charge in [-0.05, 0) is 12.8 Å². The number of hydrogen-bond acceptors (Lipinski definition) is 6. The molecule has 1 saturated heterocycles. The summed E-state index contributed by atoms with van der Waals surface area (Å²) in [7, 11) is 0. The zero-order chi connectivity index (χ0) is 20.6. The Hall–Kier alpha value is -2.89. The Morgan fingerprint density at radius 1 is 1.30 bits per heavy atom. The number of nitrogens with zero attached hydrogens (tertiary/aromatic N) is 1. The van der Waals surface area contributed by atoms with Gasteiger partial charge in [-0.15, -0.1) is 0 Å². The standard InChI is InChI=1S/C15H26N6O6/c1-8(22)19-6-12(24)21-7-9(23)5-11(21)13(25)20-10(14(26)27)3-2-4-18-15(16)17/h9-11,23H,2-7H2,1H3,(H,19,22)(H,20,25)(H,26,27)(H4,16,17,18)/t9-,10+,11+/m1/s1. The van der Waals surface area contributed by atoms with E-state index in [1.54, 1.807) is 0 Å². The van der Waals surface area contributed by atoms with Crippen LogP contribution >= 0.6 is 0 Å². The number of hydrogen-bond donors (Lipinski definition) is 7. The molecule has 1 rings (SSSR count). The van der Waals surface area contributed by atoms with Crippen LogP contribution in [0.3, 0.4) is 0 Å². The Kier molecular flexibility index (Phi) is 8.45. The van der Waals surface area contributed by atoms with Crippen molar-refractivity contribution in [3.63, 3.8) is 0 Å². The van der Waals surface area contributed by atoms with Gasteiger partial charge in [-0.2, -0.15) is 0 Å². The number of aliphatic hydroxyl groups excluding tert-OH is 1. The maximum absolute atomic E-state index is 12.5. The van der Waals surface area contributed by atoms with E-state index >= 15 is 0 Å². The summed E-state index contributed by atoms with van der Waals surface area (Å²) in [5, 5.41) is 33.3. The normalized spacial score (nSPS) is 19.9. The van der Waals surface area contributed by atoms with Crippen LogP contribution in [0.5, 0.6) is 0 Å². The van der Waals surface area contributed by atoms with Crippen molar-refractivity contribution >= 4 is 29.7 Å². The van der Waals surface area contributed by atoms with Gasteiger partial charge in [0.15, 0.2) is 5.96 Å². The lowest BCUT2D eigenvalue weighted by molar-refractivity contribution is -0.144. The zero-order valence-electron chi connectivity index (χ0n) is 15.0. The largest absolute Gasteiger partial charge is 0.480 e. The second-order valence-electron chi connectivity index (χ2n) is 6.24. The van der Waals surface area contributed by atoms with Gasteiger partial charge in [0, 0.05) is 26.4 Å². The predicted molar refractivity (Wildman–Crippen MR) is 93.5 cm³/mol. The van der Waals surface area contributed by atoms with Gasteiger partial charge in [0.2, 0.25) is 17.7 Å². The molecular weight excluding hydrogens is 360 g/mol. The maximum atomic E-state index is 12.5. The van der Waals surface area contributed by atoms with E-state index in [1.807, 2.05) is 0 Å². The van der Waals surface area contributed by atoms with Crippen molar-refractivity contribution in [1.29, 1.82) is 5.41 Å². The molecule has 1 fully saturated rings. The fourth-order valence-electron chi connectivity index (χ4n) is 2.69. The van der Waals surface area contributed by atoms with Gasteiger partial charge < -0.3 is 36.8 Å². The third-order valence-corrected chi connectivity index (χ3v) is 3.99. The average molecular weight is 386 g/mol. The van der Waals surface area contributed by atoms with E-state index in [-0.39, 0.29) is 38.4 Å². The van der Waals surface area contributed by atoms with Crippen molar-refractivity contribution in [3.05, 3.63) is 0 Å². The topological polar surface area (TPSA) is 198 Å². The Balaban J connectivity index is 2.66. The maximum Gasteiger partial charge on any atom is 0.326 e. The van der Waals surface area contributed by atoms with E-state index in [0.29, 0.717) is 6.42 Å². The number of nitrogens with one attached hydrogen (secondary N) is 4. The second-order valence-corrected chi connectivity index (χ2v) is 6.24. The average Bonchev–Trinajstić information content (AvgIpc) is 2.96. The summed E-state index contributed by atoms with van der Waals surface area (Å²) in [5.74, 6) is -3.11. The molecule has 0 aromatic carbocycles. The minimum atomic E-state index is -1.24. The number of carboxylic acids is 1. The van der Waals surface area contributed by atoms with Crippen molar-refractivity contribution in [1.82, 2.24) is 20.9 Å². The number of amides is 3. The summed E-state index contributed by atoms with van der Waals surface area (Å²) in [6.45, 7) is 1.13. The first-order chi connectivity index (χ1) is 12.6. The third-order valence-electron chi connectivity index (χ3n) is 3.99. The number of carboxylic acid groups (broad SMARTS) is 1.